The van der Waals surface area contributed by atoms with E-state index in [2.05, 4.69) is 0 Å². The number of phenolic OH excluding ortho intramolecular Hbond substituents is 2. The lowest BCUT2D eigenvalue weighted by Crippen LogP contribution is -2.58. The number of benzene rings is 3. The molecule has 1 saturated heterocycles. The number of phenols is 2. The van der Waals surface area contributed by atoms with Gasteiger partial charge in [-0.05, 0) is 83.3 Å². The van der Waals surface area contributed by atoms with Gasteiger partial charge in [0, 0.05) is 13.5 Å². The van der Waals surface area contributed by atoms with E-state index in [1.54, 1.807) is 24.3 Å². The third kappa shape index (κ3) is 8.59. The maximum absolute atomic E-state index is 10.5. The molecule has 1 aliphatic heterocycles. The molecule has 1 fully saturated rings. The lowest BCUT2D eigenvalue weighted by atomic mass is 9.91. The Morgan fingerprint density at radius 3 is 1.71 bits per heavy atom. The normalized spacial score (nSPS) is 23.9. The summed E-state index contributed by atoms with van der Waals surface area (Å²) in [6.45, 7) is -0.764. The highest BCUT2D eigenvalue weighted by molar-refractivity contribution is 5.72. The fourth-order valence-electron chi connectivity index (χ4n) is 5.67. The van der Waals surface area contributed by atoms with Crippen LogP contribution >= 0.6 is 0 Å². The molecule has 11 nitrogen and oxygen atoms in total. The minimum absolute atomic E-state index is 0.0705. The molecule has 1 aliphatic rings. The van der Waals surface area contributed by atoms with Gasteiger partial charge in [-0.2, -0.15) is 0 Å². The molecule has 3 aromatic carbocycles. The average Bonchev–Trinajstić information content (AvgIpc) is 3.06. The molecule has 4 rings (SSSR count). The minimum Gasteiger partial charge on any atom is -0.508 e. The summed E-state index contributed by atoms with van der Waals surface area (Å²) in [4.78, 5) is 0. The van der Waals surface area contributed by atoms with Gasteiger partial charge in [-0.1, -0.05) is 36.4 Å². The van der Waals surface area contributed by atoms with Crippen LogP contribution in [0.15, 0.2) is 60.7 Å². The maximum atomic E-state index is 10.5. The van der Waals surface area contributed by atoms with E-state index in [0.29, 0.717) is 24.0 Å². The van der Waals surface area contributed by atoms with Gasteiger partial charge in [0.05, 0.1) is 37.6 Å². The van der Waals surface area contributed by atoms with Gasteiger partial charge in [0.2, 0.25) is 0 Å². The molecule has 0 radical (unpaired) electrons. The van der Waals surface area contributed by atoms with Gasteiger partial charge in [0.25, 0.3) is 0 Å². The van der Waals surface area contributed by atoms with E-state index in [-0.39, 0.29) is 37.4 Å². The molecule has 0 aliphatic carbocycles. The van der Waals surface area contributed by atoms with Crippen LogP contribution in [0, 0.1) is 0 Å². The van der Waals surface area contributed by atoms with Crippen LogP contribution in [0.1, 0.15) is 30.4 Å². The first-order chi connectivity index (χ1) is 21.6. The Bertz CT molecular complexity index is 1360. The second kappa shape index (κ2) is 15.9. The van der Waals surface area contributed by atoms with Gasteiger partial charge >= 0.3 is 0 Å². The summed E-state index contributed by atoms with van der Waals surface area (Å²) in [5.74, 6) is 0.156. The van der Waals surface area contributed by atoms with Crippen LogP contribution in [-0.4, -0.2) is 115 Å². The number of aliphatic hydroxyl groups excluding tert-OH is 7. The summed E-state index contributed by atoms with van der Waals surface area (Å²) in [5.41, 5.74) is 4.72. The van der Waals surface area contributed by atoms with Crippen molar-refractivity contribution in [1.82, 2.24) is 0 Å². The summed E-state index contributed by atoms with van der Waals surface area (Å²) < 4.78 is 10.7. The molecule has 7 unspecified atom stereocenters. The zero-order valence-corrected chi connectivity index (χ0v) is 25.2. The number of hydrogen-bond donors (Lipinski definition) is 9. The Kier molecular flexibility index (Phi) is 12.3. The second-order valence-corrected chi connectivity index (χ2v) is 11.6. The number of hydrogen-bond acceptors (Lipinski definition) is 11. The van der Waals surface area contributed by atoms with Crippen molar-refractivity contribution in [2.75, 3.05) is 20.3 Å². The van der Waals surface area contributed by atoms with Gasteiger partial charge in [-0.25, -0.2) is 0 Å². The summed E-state index contributed by atoms with van der Waals surface area (Å²) in [7, 11) is 1.43. The number of aryl methyl sites for hydroxylation is 2. The van der Waals surface area contributed by atoms with Gasteiger partial charge in [0.15, 0.2) is 0 Å². The van der Waals surface area contributed by atoms with Gasteiger partial charge in [-0.15, -0.1) is 0 Å². The van der Waals surface area contributed by atoms with E-state index in [1.807, 2.05) is 36.4 Å². The first-order valence-corrected chi connectivity index (χ1v) is 15.1. The Labute approximate surface area is 262 Å². The van der Waals surface area contributed by atoms with Crippen molar-refractivity contribution in [2.45, 2.75) is 80.9 Å². The van der Waals surface area contributed by atoms with Crippen molar-refractivity contribution in [2.24, 2.45) is 0 Å². The third-order valence-corrected chi connectivity index (χ3v) is 8.59. The van der Waals surface area contributed by atoms with Gasteiger partial charge in [0.1, 0.15) is 35.9 Å². The highest BCUT2D eigenvalue weighted by Gasteiger charge is 2.43. The Hall–Kier alpha value is -3.10. The SMILES string of the molecule is COC(CO)CC(O)C(O)CCc1cc(-c2ccc(-c3ccc(O)c(CCC4OC(CO)[C@@H](O)C(O)C4O)c3)cc2)ccc1O. The van der Waals surface area contributed by atoms with Crippen molar-refractivity contribution < 1.29 is 55.4 Å². The summed E-state index contributed by atoms with van der Waals surface area (Å²) in [6, 6.07) is 18.2. The lowest BCUT2D eigenvalue weighted by molar-refractivity contribution is -0.230. The molecule has 0 bridgehead atoms. The van der Waals surface area contributed by atoms with Crippen LogP contribution in [0.3, 0.4) is 0 Å². The number of aromatic hydroxyl groups is 2. The van der Waals surface area contributed by atoms with Crippen LogP contribution in [0.5, 0.6) is 11.5 Å². The van der Waals surface area contributed by atoms with Crippen molar-refractivity contribution in [3.8, 4) is 33.8 Å². The number of ether oxygens (including phenoxy) is 2. The van der Waals surface area contributed by atoms with Crippen molar-refractivity contribution in [3.05, 3.63) is 71.8 Å². The Balaban J connectivity index is 1.42. The highest BCUT2D eigenvalue weighted by Crippen LogP contribution is 2.32. The standard InChI is InChI=1S/C34H44O11/c1-44-25(17-35)16-29(40)28(39)12-8-23-14-21(6-10-26(23)37)19-2-4-20(5-3-19)22-7-11-27(38)24(15-22)9-13-30-32(41)34(43)33(42)31(18-36)45-30/h2-7,10-11,14-15,25,28-43H,8-9,12-13,16-18H2,1H3/t25?,28?,29?,30?,31?,32?,33-,34?/m1/s1. The fraction of sp³-hybridized carbons (Fsp3) is 0.471. The summed E-state index contributed by atoms with van der Waals surface area (Å²) in [6.07, 6.45) is -7.54. The molecule has 0 aromatic heterocycles. The fourth-order valence-corrected chi connectivity index (χ4v) is 5.67. The Morgan fingerprint density at radius 2 is 1.20 bits per heavy atom. The first-order valence-electron chi connectivity index (χ1n) is 15.1. The highest BCUT2D eigenvalue weighted by atomic mass is 16.5. The zero-order chi connectivity index (χ0) is 32.7. The molecule has 246 valence electrons. The lowest BCUT2D eigenvalue weighted by Gasteiger charge is -2.40. The topological polar surface area (TPSA) is 201 Å². The third-order valence-electron chi connectivity index (χ3n) is 8.59. The summed E-state index contributed by atoms with van der Waals surface area (Å²) >= 11 is 0. The van der Waals surface area contributed by atoms with Crippen molar-refractivity contribution in [3.63, 3.8) is 0 Å². The molecule has 0 spiro atoms. The number of aliphatic hydroxyl groups is 7. The second-order valence-electron chi connectivity index (χ2n) is 11.6. The van der Waals surface area contributed by atoms with Crippen LogP contribution in [0.4, 0.5) is 0 Å². The van der Waals surface area contributed by atoms with Crippen LogP contribution in [0.25, 0.3) is 22.3 Å². The van der Waals surface area contributed by atoms with Crippen LogP contribution in [0.2, 0.25) is 0 Å². The van der Waals surface area contributed by atoms with E-state index in [0.717, 1.165) is 22.3 Å². The summed E-state index contributed by atoms with van der Waals surface area (Å²) in [5, 5.41) is 90.7. The van der Waals surface area contributed by atoms with E-state index < -0.39 is 55.4 Å². The molecule has 0 amide bonds. The van der Waals surface area contributed by atoms with E-state index in [9.17, 15) is 46.0 Å². The molecule has 11 heteroatoms. The molecular weight excluding hydrogens is 584 g/mol. The predicted octanol–water partition coefficient (Wildman–Crippen LogP) is 1.26. The molecule has 3 aromatic rings. The molecular formula is C34H44O11. The molecule has 9 N–H and O–H groups in total. The smallest absolute Gasteiger partial charge is 0.118 e. The molecule has 1 heterocycles. The monoisotopic (exact) mass is 628 g/mol. The van der Waals surface area contributed by atoms with Crippen molar-refractivity contribution >= 4 is 0 Å². The first kappa shape index (κ1) is 34.8. The number of rotatable bonds is 14. The van der Waals surface area contributed by atoms with Crippen LogP contribution in [-0.2, 0) is 22.3 Å². The van der Waals surface area contributed by atoms with E-state index in [4.69, 9.17) is 9.47 Å². The average molecular weight is 629 g/mol. The van der Waals surface area contributed by atoms with Gasteiger partial charge < -0.3 is 55.4 Å². The Morgan fingerprint density at radius 1 is 0.689 bits per heavy atom. The molecule has 0 saturated carbocycles. The van der Waals surface area contributed by atoms with E-state index in [1.165, 1.54) is 7.11 Å². The largest absolute Gasteiger partial charge is 0.508 e. The zero-order valence-electron chi connectivity index (χ0n) is 25.2. The molecule has 8 atom stereocenters. The van der Waals surface area contributed by atoms with Gasteiger partial charge in [-0.3, -0.25) is 0 Å². The predicted molar refractivity (Wildman–Crippen MR) is 166 cm³/mol. The minimum atomic E-state index is -1.45. The van der Waals surface area contributed by atoms with Crippen molar-refractivity contribution in [1.29, 1.82) is 0 Å². The quantitative estimate of drug-likeness (QED) is 0.124. The molecule has 45 heavy (non-hydrogen) atoms. The van der Waals surface area contributed by atoms with Crippen LogP contribution < -0.4 is 0 Å². The maximum Gasteiger partial charge on any atom is 0.118 e. The van der Waals surface area contributed by atoms with E-state index >= 15 is 0 Å². The number of methoxy groups -OCH3 is 1.